The van der Waals surface area contributed by atoms with Gasteiger partial charge in [-0.15, -0.1) is 0 Å². The molecule has 0 aliphatic carbocycles. The van der Waals surface area contributed by atoms with E-state index in [-0.39, 0.29) is 12.6 Å². The van der Waals surface area contributed by atoms with Gasteiger partial charge in [0, 0.05) is 20.0 Å². The largest absolute Gasteiger partial charge is 0.457 e. The topological polar surface area (TPSA) is 79.5 Å². The lowest BCUT2D eigenvalue weighted by atomic mass is 10.4. The number of hydrogen-bond acceptors (Lipinski definition) is 6. The molecule has 0 fully saturated rings. The summed E-state index contributed by atoms with van der Waals surface area (Å²) in [5, 5.41) is 0. The first-order valence-corrected chi connectivity index (χ1v) is 4.82. The quantitative estimate of drug-likeness (QED) is 0.825. The minimum absolute atomic E-state index is 0.215. The maximum atomic E-state index is 5.48. The Morgan fingerprint density at radius 1 is 1.50 bits per heavy atom. The van der Waals surface area contributed by atoms with E-state index >= 15 is 0 Å². The van der Waals surface area contributed by atoms with Gasteiger partial charge in [0.25, 0.3) is 0 Å². The summed E-state index contributed by atoms with van der Waals surface area (Å²) in [5.41, 5.74) is 5.48. The van der Waals surface area contributed by atoms with Gasteiger partial charge in [-0.25, -0.2) is 4.98 Å². The Hall–Kier alpha value is -1.98. The van der Waals surface area contributed by atoms with Gasteiger partial charge in [-0.1, -0.05) is 0 Å². The van der Waals surface area contributed by atoms with E-state index in [9.17, 15) is 0 Å². The smallest absolute Gasteiger partial charge is 0.318 e. The summed E-state index contributed by atoms with van der Waals surface area (Å²) in [6.07, 6.45) is 3.05. The molecule has 0 saturated carbocycles. The first kappa shape index (κ1) is 10.5. The molecule has 16 heavy (non-hydrogen) atoms. The van der Waals surface area contributed by atoms with Gasteiger partial charge >= 0.3 is 6.01 Å². The van der Waals surface area contributed by atoms with E-state index in [1.807, 2.05) is 13.8 Å². The number of rotatable bonds is 3. The lowest BCUT2D eigenvalue weighted by Crippen LogP contribution is -2.21. The second kappa shape index (κ2) is 3.88. The molecular weight excluding hydrogens is 210 g/mol. The fourth-order valence-corrected chi connectivity index (χ4v) is 1.19. The Bertz CT molecular complexity index is 418. The van der Waals surface area contributed by atoms with Crippen LogP contribution >= 0.6 is 0 Å². The zero-order valence-electron chi connectivity index (χ0n) is 9.14. The molecular formula is C10H13N3O3. The SMILES string of the molecule is CC1(C)OC=C(COc2nccc(N)n2)O1. The van der Waals surface area contributed by atoms with E-state index in [1.54, 1.807) is 6.07 Å². The summed E-state index contributed by atoms with van der Waals surface area (Å²) in [6.45, 7) is 3.84. The minimum Gasteiger partial charge on any atom is -0.457 e. The molecule has 2 heterocycles. The van der Waals surface area contributed by atoms with Crippen LogP contribution in [0.2, 0.25) is 0 Å². The van der Waals surface area contributed by atoms with Crippen LogP contribution < -0.4 is 10.5 Å². The van der Waals surface area contributed by atoms with Gasteiger partial charge < -0.3 is 19.9 Å². The van der Waals surface area contributed by atoms with Crippen molar-refractivity contribution in [3.8, 4) is 6.01 Å². The highest BCUT2D eigenvalue weighted by atomic mass is 16.7. The van der Waals surface area contributed by atoms with E-state index in [0.717, 1.165) is 0 Å². The van der Waals surface area contributed by atoms with Crippen LogP contribution in [0.15, 0.2) is 24.3 Å². The summed E-state index contributed by atoms with van der Waals surface area (Å²) in [7, 11) is 0. The number of aromatic nitrogens is 2. The number of ether oxygens (including phenoxy) is 3. The lowest BCUT2D eigenvalue weighted by Gasteiger charge is -2.18. The van der Waals surface area contributed by atoms with Crippen molar-refractivity contribution in [1.29, 1.82) is 0 Å². The molecule has 2 rings (SSSR count). The van der Waals surface area contributed by atoms with Crippen LogP contribution in [0.4, 0.5) is 5.82 Å². The molecule has 1 aromatic rings. The molecule has 1 aromatic heterocycles. The Labute approximate surface area is 93.0 Å². The number of nitrogens with zero attached hydrogens (tertiary/aromatic N) is 2. The van der Waals surface area contributed by atoms with Crippen LogP contribution in [0.3, 0.4) is 0 Å². The zero-order chi connectivity index (χ0) is 11.6. The third-order valence-corrected chi connectivity index (χ3v) is 1.85. The number of anilines is 1. The molecule has 0 aromatic carbocycles. The van der Waals surface area contributed by atoms with Gasteiger partial charge in [0.15, 0.2) is 12.4 Å². The highest BCUT2D eigenvalue weighted by Crippen LogP contribution is 2.24. The van der Waals surface area contributed by atoms with Crippen molar-refractivity contribution >= 4 is 5.82 Å². The van der Waals surface area contributed by atoms with E-state index in [2.05, 4.69) is 9.97 Å². The van der Waals surface area contributed by atoms with Crippen molar-refractivity contribution in [2.75, 3.05) is 12.3 Å². The number of hydrogen-bond donors (Lipinski definition) is 1. The Morgan fingerprint density at radius 3 is 2.94 bits per heavy atom. The monoisotopic (exact) mass is 223 g/mol. The van der Waals surface area contributed by atoms with E-state index in [1.165, 1.54) is 12.5 Å². The van der Waals surface area contributed by atoms with Crippen LogP contribution in [-0.4, -0.2) is 22.4 Å². The molecule has 0 bridgehead atoms. The summed E-state index contributed by atoms with van der Waals surface area (Å²) >= 11 is 0. The van der Waals surface area contributed by atoms with Crippen LogP contribution in [0, 0.1) is 0 Å². The average molecular weight is 223 g/mol. The Morgan fingerprint density at radius 2 is 2.31 bits per heavy atom. The molecule has 0 saturated heterocycles. The maximum Gasteiger partial charge on any atom is 0.318 e. The predicted molar refractivity (Wildman–Crippen MR) is 56.3 cm³/mol. The normalized spacial score (nSPS) is 17.2. The maximum absolute atomic E-state index is 5.48. The fourth-order valence-electron chi connectivity index (χ4n) is 1.19. The fraction of sp³-hybridized carbons (Fsp3) is 0.400. The van der Waals surface area contributed by atoms with Crippen molar-refractivity contribution in [3.05, 3.63) is 24.3 Å². The van der Waals surface area contributed by atoms with Gasteiger partial charge in [-0.3, -0.25) is 0 Å². The van der Waals surface area contributed by atoms with Crippen molar-refractivity contribution in [3.63, 3.8) is 0 Å². The molecule has 1 aliphatic rings. The third-order valence-electron chi connectivity index (χ3n) is 1.85. The van der Waals surface area contributed by atoms with Gasteiger partial charge in [0.05, 0.1) is 0 Å². The van der Waals surface area contributed by atoms with Gasteiger partial charge in [-0.05, 0) is 6.07 Å². The van der Waals surface area contributed by atoms with Crippen LogP contribution in [0.25, 0.3) is 0 Å². The van der Waals surface area contributed by atoms with Gasteiger partial charge in [0.2, 0.25) is 5.79 Å². The molecule has 0 spiro atoms. The zero-order valence-corrected chi connectivity index (χ0v) is 9.14. The van der Waals surface area contributed by atoms with Gasteiger partial charge in [0.1, 0.15) is 12.1 Å². The van der Waals surface area contributed by atoms with Crippen LogP contribution in [-0.2, 0) is 9.47 Å². The Balaban J connectivity index is 1.89. The second-order valence-electron chi connectivity index (χ2n) is 3.76. The highest BCUT2D eigenvalue weighted by molar-refractivity contribution is 5.26. The van der Waals surface area contributed by atoms with Crippen molar-refractivity contribution in [2.24, 2.45) is 0 Å². The van der Waals surface area contributed by atoms with Crippen LogP contribution in [0.5, 0.6) is 6.01 Å². The first-order valence-electron chi connectivity index (χ1n) is 4.82. The van der Waals surface area contributed by atoms with E-state index < -0.39 is 5.79 Å². The van der Waals surface area contributed by atoms with E-state index in [0.29, 0.717) is 11.6 Å². The standard InChI is InChI=1S/C10H13N3O3/c1-10(2)15-6-7(16-10)5-14-9-12-4-3-8(11)13-9/h3-4,6H,5H2,1-2H3,(H2,11,12,13). The molecule has 0 radical (unpaired) electrons. The summed E-state index contributed by atoms with van der Waals surface area (Å²) < 4.78 is 16.0. The molecule has 0 atom stereocenters. The Kier molecular flexibility index (Phi) is 2.55. The van der Waals surface area contributed by atoms with Crippen LogP contribution in [0.1, 0.15) is 13.8 Å². The molecule has 2 N–H and O–H groups in total. The molecule has 0 amide bonds. The lowest BCUT2D eigenvalue weighted by molar-refractivity contribution is -0.119. The number of nitrogen functional groups attached to an aromatic ring is 1. The molecule has 6 heteroatoms. The van der Waals surface area contributed by atoms with Crippen molar-refractivity contribution in [2.45, 2.75) is 19.6 Å². The van der Waals surface area contributed by atoms with E-state index in [4.69, 9.17) is 19.9 Å². The number of nitrogens with two attached hydrogens (primary N) is 1. The summed E-state index contributed by atoms with van der Waals surface area (Å²) in [4.78, 5) is 7.79. The highest BCUT2D eigenvalue weighted by Gasteiger charge is 2.27. The van der Waals surface area contributed by atoms with Crippen molar-refractivity contribution < 1.29 is 14.2 Å². The molecule has 1 aliphatic heterocycles. The minimum atomic E-state index is -0.630. The summed E-state index contributed by atoms with van der Waals surface area (Å²) in [6, 6.07) is 1.80. The van der Waals surface area contributed by atoms with Gasteiger partial charge in [-0.2, -0.15) is 4.98 Å². The summed E-state index contributed by atoms with van der Waals surface area (Å²) in [5.74, 6) is 0.328. The van der Waals surface area contributed by atoms with Crippen molar-refractivity contribution in [1.82, 2.24) is 9.97 Å². The predicted octanol–water partition coefficient (Wildman–Crippen LogP) is 1.06. The first-order chi connectivity index (χ1) is 7.55. The second-order valence-corrected chi connectivity index (χ2v) is 3.76. The molecule has 86 valence electrons. The average Bonchev–Trinajstić information content (AvgIpc) is 2.56. The third kappa shape index (κ3) is 2.53. The molecule has 0 unspecified atom stereocenters. The molecule has 6 nitrogen and oxygen atoms in total.